The number of carbonyl (C=O) groups is 1. The molecule has 0 radical (unpaired) electrons. The molecule has 5 nitrogen and oxygen atoms in total. The van der Waals surface area contributed by atoms with E-state index in [-0.39, 0.29) is 10.5 Å². The summed E-state index contributed by atoms with van der Waals surface area (Å²) in [5.41, 5.74) is 0.196. The molecular weight excluding hydrogens is 290 g/mol. The zero-order valence-electron chi connectivity index (χ0n) is 12.3. The molecule has 1 aromatic carbocycles. The lowest BCUT2D eigenvalue weighted by Crippen LogP contribution is -2.43. The van der Waals surface area contributed by atoms with Crippen molar-refractivity contribution in [2.24, 2.45) is 0 Å². The van der Waals surface area contributed by atoms with Crippen molar-refractivity contribution in [2.75, 3.05) is 0 Å². The van der Waals surface area contributed by atoms with Crippen molar-refractivity contribution in [1.29, 1.82) is 0 Å². The highest BCUT2D eigenvalue weighted by Crippen LogP contribution is 2.31. The lowest BCUT2D eigenvalue weighted by Gasteiger charge is -2.25. The highest BCUT2D eigenvalue weighted by molar-refractivity contribution is 7.89. The van der Waals surface area contributed by atoms with Crippen molar-refractivity contribution >= 4 is 16.0 Å². The standard InChI is InChI=1S/C15H21NO4S/c1-3-11-6-7-12(14(17)18)10-13(11)21(19,20)16-15(2)8-4-5-9-15/h6-7,10,16H,3-5,8-9H2,1-2H3,(H,17,18). The van der Waals surface area contributed by atoms with Gasteiger partial charge in [0.15, 0.2) is 0 Å². The van der Waals surface area contributed by atoms with Crippen molar-refractivity contribution in [1.82, 2.24) is 4.72 Å². The van der Waals surface area contributed by atoms with E-state index in [9.17, 15) is 13.2 Å². The lowest BCUT2D eigenvalue weighted by molar-refractivity contribution is 0.0696. The average Bonchev–Trinajstić information content (AvgIpc) is 2.83. The van der Waals surface area contributed by atoms with Crippen LogP contribution in [0.25, 0.3) is 0 Å². The maximum Gasteiger partial charge on any atom is 0.335 e. The summed E-state index contributed by atoms with van der Waals surface area (Å²) in [5, 5.41) is 9.06. The lowest BCUT2D eigenvalue weighted by atomic mass is 10.0. The van der Waals surface area contributed by atoms with Gasteiger partial charge in [0.25, 0.3) is 0 Å². The summed E-state index contributed by atoms with van der Waals surface area (Å²) in [4.78, 5) is 11.2. The number of benzene rings is 1. The van der Waals surface area contributed by atoms with Crippen LogP contribution in [-0.4, -0.2) is 25.0 Å². The first-order valence-corrected chi connectivity index (χ1v) is 8.66. The van der Waals surface area contributed by atoms with Crippen molar-refractivity contribution in [3.63, 3.8) is 0 Å². The summed E-state index contributed by atoms with van der Waals surface area (Å²) >= 11 is 0. The Morgan fingerprint density at radius 1 is 1.33 bits per heavy atom. The first-order valence-electron chi connectivity index (χ1n) is 7.18. The molecule has 21 heavy (non-hydrogen) atoms. The fourth-order valence-electron chi connectivity index (χ4n) is 2.87. The zero-order chi connectivity index (χ0) is 15.7. The molecule has 0 unspecified atom stereocenters. The third kappa shape index (κ3) is 3.44. The molecule has 2 rings (SSSR count). The molecule has 0 aromatic heterocycles. The molecule has 0 heterocycles. The van der Waals surface area contributed by atoms with Crippen molar-refractivity contribution < 1.29 is 18.3 Å². The summed E-state index contributed by atoms with van der Waals surface area (Å²) in [6.45, 7) is 3.76. The average molecular weight is 311 g/mol. The first-order chi connectivity index (χ1) is 9.77. The minimum atomic E-state index is -3.71. The van der Waals surface area contributed by atoms with Crippen LogP contribution in [0.5, 0.6) is 0 Å². The van der Waals surface area contributed by atoms with Crippen LogP contribution in [0.1, 0.15) is 55.5 Å². The number of rotatable bonds is 5. The number of aromatic carboxylic acids is 1. The van der Waals surface area contributed by atoms with Gasteiger partial charge in [-0.15, -0.1) is 0 Å². The molecule has 6 heteroatoms. The smallest absolute Gasteiger partial charge is 0.335 e. The summed E-state index contributed by atoms with van der Waals surface area (Å²) in [6.07, 6.45) is 4.18. The van der Waals surface area contributed by atoms with Crippen LogP contribution in [0.4, 0.5) is 0 Å². The fourth-order valence-corrected chi connectivity index (χ4v) is 4.67. The summed E-state index contributed by atoms with van der Waals surface area (Å²) in [5.74, 6) is -1.12. The summed E-state index contributed by atoms with van der Waals surface area (Å²) < 4.78 is 28.1. The number of carboxylic acids is 1. The van der Waals surface area contributed by atoms with Gasteiger partial charge in [0.05, 0.1) is 10.5 Å². The molecule has 1 saturated carbocycles. The largest absolute Gasteiger partial charge is 0.478 e. The van der Waals surface area contributed by atoms with Gasteiger partial charge in [-0.05, 0) is 43.9 Å². The molecule has 1 aliphatic rings. The Bertz CT molecular complexity index is 646. The molecule has 116 valence electrons. The van der Waals surface area contributed by atoms with E-state index in [0.29, 0.717) is 12.0 Å². The molecule has 1 fully saturated rings. The number of nitrogens with one attached hydrogen (secondary N) is 1. The molecule has 0 atom stereocenters. The molecule has 0 saturated heterocycles. The molecule has 0 aliphatic heterocycles. The predicted molar refractivity (Wildman–Crippen MR) is 80.0 cm³/mol. The number of carboxylic acid groups (broad SMARTS) is 1. The van der Waals surface area contributed by atoms with E-state index in [1.54, 1.807) is 6.07 Å². The predicted octanol–water partition coefficient (Wildman–Crippen LogP) is 2.56. The van der Waals surface area contributed by atoms with Crippen LogP contribution in [0.2, 0.25) is 0 Å². The summed E-state index contributed by atoms with van der Waals surface area (Å²) in [7, 11) is -3.71. The number of hydrogen-bond acceptors (Lipinski definition) is 3. The maximum atomic E-state index is 12.6. The number of sulfonamides is 1. The van der Waals surface area contributed by atoms with Gasteiger partial charge < -0.3 is 5.11 Å². The van der Waals surface area contributed by atoms with Crippen LogP contribution in [0, 0.1) is 0 Å². The normalized spacial score (nSPS) is 17.8. The van der Waals surface area contributed by atoms with Gasteiger partial charge in [0, 0.05) is 5.54 Å². The SMILES string of the molecule is CCc1ccc(C(=O)O)cc1S(=O)(=O)NC1(C)CCCC1. The van der Waals surface area contributed by atoms with E-state index in [0.717, 1.165) is 25.7 Å². The van der Waals surface area contributed by atoms with Crippen molar-refractivity contribution in [2.45, 2.75) is 56.4 Å². The highest BCUT2D eigenvalue weighted by Gasteiger charge is 2.34. The molecule has 0 bridgehead atoms. The van der Waals surface area contributed by atoms with Crippen LogP contribution in [0.15, 0.2) is 23.1 Å². The van der Waals surface area contributed by atoms with Gasteiger partial charge >= 0.3 is 5.97 Å². The Labute approximate surface area is 125 Å². The Morgan fingerprint density at radius 3 is 2.48 bits per heavy atom. The van der Waals surface area contributed by atoms with Crippen molar-refractivity contribution in [3.05, 3.63) is 29.3 Å². The minimum Gasteiger partial charge on any atom is -0.478 e. The van der Waals surface area contributed by atoms with Crippen LogP contribution < -0.4 is 4.72 Å². The van der Waals surface area contributed by atoms with Crippen molar-refractivity contribution in [3.8, 4) is 0 Å². The molecule has 2 N–H and O–H groups in total. The van der Waals surface area contributed by atoms with Gasteiger partial charge in [-0.1, -0.05) is 25.8 Å². The van der Waals surface area contributed by atoms with E-state index >= 15 is 0 Å². The van der Waals surface area contributed by atoms with Gasteiger partial charge in [-0.25, -0.2) is 17.9 Å². The van der Waals surface area contributed by atoms with Gasteiger partial charge in [0.1, 0.15) is 0 Å². The van der Waals surface area contributed by atoms with Crippen LogP contribution in [-0.2, 0) is 16.4 Å². The Hall–Kier alpha value is -1.40. The molecule has 1 aromatic rings. The van der Waals surface area contributed by atoms with E-state index < -0.39 is 21.5 Å². The monoisotopic (exact) mass is 311 g/mol. The van der Waals surface area contributed by atoms with E-state index in [1.165, 1.54) is 12.1 Å². The zero-order valence-corrected chi connectivity index (χ0v) is 13.2. The second-order valence-corrected chi connectivity index (χ2v) is 7.51. The maximum absolute atomic E-state index is 12.6. The van der Waals surface area contributed by atoms with E-state index in [2.05, 4.69) is 4.72 Å². The highest BCUT2D eigenvalue weighted by atomic mass is 32.2. The topological polar surface area (TPSA) is 83.5 Å². The third-order valence-corrected chi connectivity index (χ3v) is 5.79. The van der Waals surface area contributed by atoms with Crippen LogP contribution in [0.3, 0.4) is 0 Å². The third-order valence-electron chi connectivity index (χ3n) is 4.07. The fraction of sp³-hybridized carbons (Fsp3) is 0.533. The number of aryl methyl sites for hydroxylation is 1. The van der Waals surface area contributed by atoms with E-state index in [1.807, 2.05) is 13.8 Å². The minimum absolute atomic E-state index is 0.0100. The van der Waals surface area contributed by atoms with Gasteiger partial charge in [-0.2, -0.15) is 0 Å². The quantitative estimate of drug-likeness (QED) is 0.875. The van der Waals surface area contributed by atoms with E-state index in [4.69, 9.17) is 5.11 Å². The van der Waals surface area contributed by atoms with Gasteiger partial charge in [-0.3, -0.25) is 0 Å². The molecule has 0 spiro atoms. The van der Waals surface area contributed by atoms with Crippen LogP contribution >= 0.6 is 0 Å². The second-order valence-electron chi connectivity index (χ2n) is 5.85. The molecular formula is C15H21NO4S. The Balaban J connectivity index is 2.42. The number of hydrogen-bond donors (Lipinski definition) is 2. The summed E-state index contributed by atoms with van der Waals surface area (Å²) in [6, 6.07) is 4.27. The Morgan fingerprint density at radius 2 is 1.95 bits per heavy atom. The molecule has 0 amide bonds. The second kappa shape index (κ2) is 5.77. The molecule has 1 aliphatic carbocycles. The Kier molecular flexibility index (Phi) is 4.39. The first kappa shape index (κ1) is 16.0. The van der Waals surface area contributed by atoms with Gasteiger partial charge in [0.2, 0.25) is 10.0 Å².